The second-order valence-corrected chi connectivity index (χ2v) is 3.75. The molecule has 106 valence electrons. The molecule has 0 aliphatic rings. The van der Waals surface area contributed by atoms with E-state index in [9.17, 15) is 10.1 Å². The lowest BCUT2D eigenvalue weighted by Crippen LogP contribution is -2.11. The van der Waals surface area contributed by atoms with Gasteiger partial charge in [0.05, 0.1) is 11.5 Å². The Balaban J connectivity index is 2.84. The second-order valence-electron chi connectivity index (χ2n) is 3.75. The quantitative estimate of drug-likeness (QED) is 0.413. The third-order valence-corrected chi connectivity index (χ3v) is 2.32. The largest absolute Gasteiger partial charge is 0.470 e. The van der Waals surface area contributed by atoms with Crippen molar-refractivity contribution in [1.29, 1.82) is 0 Å². The first-order chi connectivity index (χ1) is 9.20. The molecular weight excluding hydrogens is 252 g/mol. The van der Waals surface area contributed by atoms with Gasteiger partial charge in [0.25, 0.3) is 5.88 Å². The van der Waals surface area contributed by atoms with Crippen molar-refractivity contribution >= 4 is 11.5 Å². The smallest absolute Gasteiger partial charge is 0.372 e. The first-order valence-corrected chi connectivity index (χ1v) is 6.05. The maximum Gasteiger partial charge on any atom is 0.372 e. The van der Waals surface area contributed by atoms with Gasteiger partial charge in [0.2, 0.25) is 5.82 Å². The molecule has 1 aromatic heterocycles. The number of methoxy groups -OCH3 is 1. The van der Waals surface area contributed by atoms with Crippen molar-refractivity contribution in [1.82, 2.24) is 9.97 Å². The van der Waals surface area contributed by atoms with Crippen molar-refractivity contribution in [3.05, 3.63) is 16.4 Å². The molecular formula is C11H18N4O4. The Morgan fingerprint density at radius 1 is 1.42 bits per heavy atom. The molecule has 0 unspecified atom stereocenters. The molecule has 0 radical (unpaired) electrons. The van der Waals surface area contributed by atoms with Crippen LogP contribution >= 0.6 is 0 Å². The maximum atomic E-state index is 11.1. The third-order valence-electron chi connectivity index (χ3n) is 2.32. The summed E-state index contributed by atoms with van der Waals surface area (Å²) in [6, 6.07) is 0. The van der Waals surface area contributed by atoms with Crippen molar-refractivity contribution in [2.24, 2.45) is 0 Å². The minimum atomic E-state index is -0.545. The first kappa shape index (κ1) is 15.1. The molecule has 0 aromatic carbocycles. The summed E-state index contributed by atoms with van der Waals surface area (Å²) in [4.78, 5) is 18.2. The molecule has 1 rings (SSSR count). The zero-order valence-corrected chi connectivity index (χ0v) is 11.1. The SMILES string of the molecule is CCCCNc1ncnc(OCCOC)c1[N+](=O)[O-]. The van der Waals surface area contributed by atoms with Gasteiger partial charge in [-0.15, -0.1) is 0 Å². The zero-order valence-electron chi connectivity index (χ0n) is 11.1. The van der Waals surface area contributed by atoms with Crippen molar-refractivity contribution < 1.29 is 14.4 Å². The van der Waals surface area contributed by atoms with Crippen LogP contribution in [0, 0.1) is 10.1 Å². The topological polar surface area (TPSA) is 99.4 Å². The molecule has 0 fully saturated rings. The van der Waals surface area contributed by atoms with Gasteiger partial charge in [0.15, 0.2) is 0 Å². The Hall–Kier alpha value is -1.96. The number of nitrogens with one attached hydrogen (secondary N) is 1. The summed E-state index contributed by atoms with van der Waals surface area (Å²) in [6.45, 7) is 3.18. The molecule has 0 saturated heterocycles. The van der Waals surface area contributed by atoms with Crippen LogP contribution in [0.4, 0.5) is 11.5 Å². The fourth-order valence-corrected chi connectivity index (χ4v) is 1.37. The van der Waals surface area contributed by atoms with Gasteiger partial charge in [-0.2, -0.15) is 4.98 Å². The van der Waals surface area contributed by atoms with E-state index in [1.54, 1.807) is 0 Å². The minimum Gasteiger partial charge on any atom is -0.470 e. The van der Waals surface area contributed by atoms with E-state index in [4.69, 9.17) is 9.47 Å². The molecule has 0 saturated carbocycles. The molecule has 0 aliphatic heterocycles. The zero-order chi connectivity index (χ0) is 14.1. The predicted octanol–water partition coefficient (Wildman–Crippen LogP) is 1.62. The van der Waals surface area contributed by atoms with Gasteiger partial charge in [-0.1, -0.05) is 13.3 Å². The van der Waals surface area contributed by atoms with E-state index in [2.05, 4.69) is 15.3 Å². The fraction of sp³-hybridized carbons (Fsp3) is 0.636. The molecule has 0 spiro atoms. The Morgan fingerprint density at radius 2 is 2.21 bits per heavy atom. The summed E-state index contributed by atoms with van der Waals surface area (Å²) in [6.07, 6.45) is 3.13. The van der Waals surface area contributed by atoms with Gasteiger partial charge >= 0.3 is 5.69 Å². The Bertz CT molecular complexity index is 385. The van der Waals surface area contributed by atoms with E-state index in [1.165, 1.54) is 13.4 Å². The molecule has 0 amide bonds. The summed E-state index contributed by atoms with van der Waals surface area (Å²) in [5.74, 6) is 0.136. The Labute approximate surface area is 111 Å². The predicted molar refractivity (Wildman–Crippen MR) is 69.5 cm³/mol. The van der Waals surface area contributed by atoms with Crippen LogP contribution in [-0.2, 0) is 4.74 Å². The van der Waals surface area contributed by atoms with Gasteiger partial charge in [-0.05, 0) is 6.42 Å². The number of aromatic nitrogens is 2. The van der Waals surface area contributed by atoms with Crippen LogP contribution < -0.4 is 10.1 Å². The van der Waals surface area contributed by atoms with Crippen LogP contribution in [0.1, 0.15) is 19.8 Å². The van der Waals surface area contributed by atoms with E-state index in [0.29, 0.717) is 13.2 Å². The van der Waals surface area contributed by atoms with Crippen LogP contribution in [0.5, 0.6) is 5.88 Å². The van der Waals surface area contributed by atoms with Crippen LogP contribution in [0.15, 0.2) is 6.33 Å². The summed E-state index contributed by atoms with van der Waals surface area (Å²) < 4.78 is 10.0. The number of unbranched alkanes of at least 4 members (excludes halogenated alkanes) is 1. The lowest BCUT2D eigenvalue weighted by atomic mass is 10.3. The second kappa shape index (κ2) is 8.20. The maximum absolute atomic E-state index is 11.1. The van der Waals surface area contributed by atoms with Crippen LogP contribution in [-0.4, -0.2) is 41.8 Å². The highest BCUT2D eigenvalue weighted by Gasteiger charge is 2.24. The molecule has 8 nitrogen and oxygen atoms in total. The molecule has 1 heterocycles. The van der Waals surface area contributed by atoms with Crippen molar-refractivity contribution in [2.75, 3.05) is 32.2 Å². The average Bonchev–Trinajstić information content (AvgIpc) is 2.39. The van der Waals surface area contributed by atoms with Crippen LogP contribution in [0.3, 0.4) is 0 Å². The summed E-state index contributed by atoms with van der Waals surface area (Å²) in [5, 5.41) is 14.0. The normalized spacial score (nSPS) is 10.2. The van der Waals surface area contributed by atoms with Gasteiger partial charge in [-0.3, -0.25) is 10.1 Å². The number of hydrogen-bond acceptors (Lipinski definition) is 7. The lowest BCUT2D eigenvalue weighted by molar-refractivity contribution is -0.385. The van der Waals surface area contributed by atoms with E-state index in [-0.39, 0.29) is 24.0 Å². The highest BCUT2D eigenvalue weighted by Crippen LogP contribution is 2.30. The summed E-state index contributed by atoms with van der Waals surface area (Å²) in [5.41, 5.74) is -0.241. The average molecular weight is 270 g/mol. The van der Waals surface area contributed by atoms with Crippen LogP contribution in [0.2, 0.25) is 0 Å². The first-order valence-electron chi connectivity index (χ1n) is 6.05. The fourth-order valence-electron chi connectivity index (χ4n) is 1.37. The molecule has 0 atom stereocenters. The van der Waals surface area contributed by atoms with Crippen LogP contribution in [0.25, 0.3) is 0 Å². The summed E-state index contributed by atoms with van der Waals surface area (Å²) in [7, 11) is 1.52. The van der Waals surface area contributed by atoms with Gasteiger partial charge in [0.1, 0.15) is 12.9 Å². The highest BCUT2D eigenvalue weighted by atomic mass is 16.6. The van der Waals surface area contributed by atoms with E-state index >= 15 is 0 Å². The monoisotopic (exact) mass is 270 g/mol. The van der Waals surface area contributed by atoms with E-state index in [1.807, 2.05) is 6.92 Å². The molecule has 0 aliphatic carbocycles. The number of ether oxygens (including phenoxy) is 2. The number of nitro groups is 1. The van der Waals surface area contributed by atoms with Crippen molar-refractivity contribution in [2.45, 2.75) is 19.8 Å². The van der Waals surface area contributed by atoms with Crippen molar-refractivity contribution in [3.63, 3.8) is 0 Å². The number of rotatable bonds is 9. The van der Waals surface area contributed by atoms with Gasteiger partial charge in [-0.25, -0.2) is 4.98 Å². The lowest BCUT2D eigenvalue weighted by Gasteiger charge is -2.08. The highest BCUT2D eigenvalue weighted by molar-refractivity contribution is 5.61. The standard InChI is InChI=1S/C11H18N4O4/c1-3-4-5-12-10-9(15(16)17)11(14-8-13-10)19-7-6-18-2/h8H,3-7H2,1-2H3,(H,12,13,14). The number of anilines is 1. The minimum absolute atomic E-state index is 0.0453. The van der Waals surface area contributed by atoms with Crippen molar-refractivity contribution in [3.8, 4) is 5.88 Å². The molecule has 1 N–H and O–H groups in total. The molecule has 1 aromatic rings. The van der Waals surface area contributed by atoms with E-state index in [0.717, 1.165) is 12.8 Å². The van der Waals surface area contributed by atoms with E-state index < -0.39 is 4.92 Å². The molecule has 0 bridgehead atoms. The Kier molecular flexibility index (Phi) is 6.51. The number of hydrogen-bond donors (Lipinski definition) is 1. The molecule has 8 heteroatoms. The number of nitrogens with zero attached hydrogens (tertiary/aromatic N) is 3. The Morgan fingerprint density at radius 3 is 2.84 bits per heavy atom. The van der Waals surface area contributed by atoms with Gasteiger partial charge < -0.3 is 14.8 Å². The van der Waals surface area contributed by atoms with Gasteiger partial charge in [0, 0.05) is 13.7 Å². The summed E-state index contributed by atoms with van der Waals surface area (Å²) >= 11 is 0. The molecule has 19 heavy (non-hydrogen) atoms. The third kappa shape index (κ3) is 4.66.